The van der Waals surface area contributed by atoms with Crippen LogP contribution in [0.2, 0.25) is 0 Å². The van der Waals surface area contributed by atoms with Crippen molar-refractivity contribution in [3.63, 3.8) is 0 Å². The topological polar surface area (TPSA) is 17.1 Å². The van der Waals surface area contributed by atoms with Crippen LogP contribution in [0, 0.1) is 0 Å². The van der Waals surface area contributed by atoms with Gasteiger partial charge in [0.25, 0.3) is 0 Å². The first-order valence-electron chi connectivity index (χ1n) is 7.68. The van der Waals surface area contributed by atoms with Crippen LogP contribution in [-0.4, -0.2) is 5.78 Å². The summed E-state index contributed by atoms with van der Waals surface area (Å²) in [5.41, 5.74) is 3.54. The van der Waals surface area contributed by atoms with E-state index in [0.717, 1.165) is 24.8 Å². The van der Waals surface area contributed by atoms with E-state index >= 15 is 0 Å². The van der Waals surface area contributed by atoms with Gasteiger partial charge in [-0.3, -0.25) is 4.79 Å². The summed E-state index contributed by atoms with van der Waals surface area (Å²) in [7, 11) is 0. The lowest BCUT2D eigenvalue weighted by Crippen LogP contribution is -2.18. The van der Waals surface area contributed by atoms with Crippen molar-refractivity contribution in [2.75, 3.05) is 0 Å². The van der Waals surface area contributed by atoms with Crippen molar-refractivity contribution < 1.29 is 4.79 Å². The lowest BCUT2D eigenvalue weighted by Gasteiger charge is -2.22. The molecule has 0 saturated carbocycles. The monoisotopic (exact) mass is 298 g/mol. The van der Waals surface area contributed by atoms with Crippen LogP contribution in [0.3, 0.4) is 0 Å². The van der Waals surface area contributed by atoms with E-state index in [-0.39, 0.29) is 17.1 Å². The molecule has 0 radical (unpaired) electrons. The number of hydrogen-bond donors (Lipinski definition) is 0. The van der Waals surface area contributed by atoms with Crippen molar-refractivity contribution in [1.29, 1.82) is 0 Å². The third kappa shape index (κ3) is 2.82. The van der Waals surface area contributed by atoms with E-state index in [9.17, 15) is 4.79 Å². The molecule has 1 aromatic carbocycles. The van der Waals surface area contributed by atoms with Crippen LogP contribution in [0.1, 0.15) is 65.9 Å². The van der Waals surface area contributed by atoms with E-state index in [0.29, 0.717) is 0 Å². The minimum Gasteiger partial charge on any atom is -0.293 e. The molecule has 2 aromatic rings. The molecule has 2 heteroatoms. The predicted octanol–water partition coefficient (Wildman–Crippen LogP) is 5.35. The minimum absolute atomic E-state index is 0.0699. The Hall–Kier alpha value is -1.41. The van der Waals surface area contributed by atoms with Gasteiger partial charge in [0.2, 0.25) is 0 Å². The molecule has 0 fully saturated rings. The SMILES string of the molecule is CC(C)(C)c1ccc(C(=O)C2CCCc3sccc32)cc1. The fourth-order valence-electron chi connectivity index (χ4n) is 3.09. The number of aryl methyl sites for hydroxylation is 1. The molecule has 0 amide bonds. The van der Waals surface area contributed by atoms with Crippen molar-refractivity contribution >= 4 is 17.1 Å². The molecule has 1 unspecified atom stereocenters. The molecule has 3 rings (SSSR count). The number of fused-ring (bicyclic) bond motifs is 1. The predicted molar refractivity (Wildman–Crippen MR) is 89.5 cm³/mol. The highest BCUT2D eigenvalue weighted by Gasteiger charge is 2.28. The van der Waals surface area contributed by atoms with Crippen LogP contribution in [0.15, 0.2) is 35.7 Å². The number of carbonyl (C=O) groups is 1. The van der Waals surface area contributed by atoms with E-state index in [1.807, 2.05) is 12.1 Å². The van der Waals surface area contributed by atoms with Crippen molar-refractivity contribution in [2.24, 2.45) is 0 Å². The second-order valence-corrected chi connectivity index (χ2v) is 7.94. The lowest BCUT2D eigenvalue weighted by molar-refractivity contribution is 0.0951. The van der Waals surface area contributed by atoms with Gasteiger partial charge in [-0.25, -0.2) is 0 Å². The normalized spacial score (nSPS) is 18.3. The van der Waals surface area contributed by atoms with Gasteiger partial charge in [0.1, 0.15) is 0 Å². The van der Waals surface area contributed by atoms with E-state index in [4.69, 9.17) is 0 Å². The molecule has 1 aliphatic rings. The molecular formula is C19H22OS. The molecule has 1 atom stereocenters. The van der Waals surface area contributed by atoms with Gasteiger partial charge in [-0.1, -0.05) is 45.0 Å². The first-order valence-corrected chi connectivity index (χ1v) is 8.56. The standard InChI is InChI=1S/C19H22OS/c1-19(2,3)14-9-7-13(8-10-14)18(20)16-5-4-6-17-15(16)11-12-21-17/h7-12,16H,4-6H2,1-3H3. The van der Waals surface area contributed by atoms with Crippen molar-refractivity contribution in [3.05, 3.63) is 57.3 Å². The second-order valence-electron chi connectivity index (χ2n) is 6.94. The zero-order valence-corrected chi connectivity index (χ0v) is 13.8. The van der Waals surface area contributed by atoms with Gasteiger partial charge >= 0.3 is 0 Å². The summed E-state index contributed by atoms with van der Waals surface area (Å²) in [6.45, 7) is 6.59. The summed E-state index contributed by atoms with van der Waals surface area (Å²) in [5.74, 6) is 0.357. The Balaban J connectivity index is 1.87. The molecular weight excluding hydrogens is 276 g/mol. The van der Waals surface area contributed by atoms with Crippen LogP contribution < -0.4 is 0 Å². The zero-order chi connectivity index (χ0) is 15.0. The maximum Gasteiger partial charge on any atom is 0.170 e. The molecule has 0 spiro atoms. The largest absolute Gasteiger partial charge is 0.293 e. The van der Waals surface area contributed by atoms with Gasteiger partial charge in [-0.2, -0.15) is 0 Å². The first kappa shape index (κ1) is 14.5. The van der Waals surface area contributed by atoms with E-state index < -0.39 is 0 Å². The Labute approximate surface area is 131 Å². The Kier molecular flexibility index (Phi) is 3.75. The number of Topliss-reactive ketones (excluding diaryl/α,β-unsaturated/α-hetero) is 1. The third-order valence-electron chi connectivity index (χ3n) is 4.40. The first-order chi connectivity index (χ1) is 9.97. The van der Waals surface area contributed by atoms with Gasteiger partial charge in [0.15, 0.2) is 5.78 Å². The molecule has 0 N–H and O–H groups in total. The molecule has 1 aromatic heterocycles. The maximum absolute atomic E-state index is 12.8. The molecule has 110 valence electrons. The smallest absolute Gasteiger partial charge is 0.170 e. The highest BCUT2D eigenvalue weighted by Crippen LogP contribution is 2.37. The van der Waals surface area contributed by atoms with Crippen molar-refractivity contribution in [3.8, 4) is 0 Å². The fraction of sp³-hybridized carbons (Fsp3) is 0.421. The Morgan fingerprint density at radius 2 is 1.86 bits per heavy atom. The van der Waals surface area contributed by atoms with E-state index in [2.05, 4.69) is 44.4 Å². The lowest BCUT2D eigenvalue weighted by atomic mass is 9.81. The Morgan fingerprint density at radius 1 is 1.14 bits per heavy atom. The Bertz CT molecular complexity index is 643. The maximum atomic E-state index is 12.8. The van der Waals surface area contributed by atoms with Gasteiger partial charge in [0.05, 0.1) is 0 Å². The molecule has 1 aliphatic carbocycles. The molecule has 1 heterocycles. The number of thiophene rings is 1. The van der Waals surface area contributed by atoms with Gasteiger partial charge in [-0.05, 0) is 47.3 Å². The third-order valence-corrected chi connectivity index (χ3v) is 5.40. The molecule has 0 aliphatic heterocycles. The van der Waals surface area contributed by atoms with Gasteiger partial charge < -0.3 is 0 Å². The summed E-state index contributed by atoms with van der Waals surface area (Å²) in [5, 5.41) is 2.12. The molecule has 21 heavy (non-hydrogen) atoms. The molecule has 0 bridgehead atoms. The molecule has 0 saturated heterocycles. The number of carbonyl (C=O) groups excluding carboxylic acids is 1. The summed E-state index contributed by atoms with van der Waals surface area (Å²) in [4.78, 5) is 14.2. The van der Waals surface area contributed by atoms with Crippen LogP contribution in [0.4, 0.5) is 0 Å². The summed E-state index contributed by atoms with van der Waals surface area (Å²) >= 11 is 1.80. The highest BCUT2D eigenvalue weighted by molar-refractivity contribution is 7.10. The minimum atomic E-state index is 0.0699. The van der Waals surface area contributed by atoms with Crippen LogP contribution in [0.5, 0.6) is 0 Å². The van der Waals surface area contributed by atoms with E-state index in [1.165, 1.54) is 16.0 Å². The van der Waals surface area contributed by atoms with Crippen LogP contribution in [-0.2, 0) is 11.8 Å². The second kappa shape index (κ2) is 5.42. The number of ketones is 1. The average Bonchev–Trinajstić information content (AvgIpc) is 2.94. The van der Waals surface area contributed by atoms with Crippen molar-refractivity contribution in [1.82, 2.24) is 0 Å². The van der Waals surface area contributed by atoms with Gasteiger partial charge in [-0.15, -0.1) is 11.3 Å². The zero-order valence-electron chi connectivity index (χ0n) is 13.0. The molecule has 1 nitrogen and oxygen atoms in total. The summed E-state index contributed by atoms with van der Waals surface area (Å²) in [6.07, 6.45) is 3.26. The fourth-order valence-corrected chi connectivity index (χ4v) is 4.08. The number of benzene rings is 1. The van der Waals surface area contributed by atoms with Crippen molar-refractivity contribution in [2.45, 2.75) is 51.4 Å². The van der Waals surface area contributed by atoms with E-state index in [1.54, 1.807) is 11.3 Å². The summed E-state index contributed by atoms with van der Waals surface area (Å²) in [6, 6.07) is 10.4. The van der Waals surface area contributed by atoms with Crippen LogP contribution >= 0.6 is 11.3 Å². The number of rotatable bonds is 2. The summed E-state index contributed by atoms with van der Waals surface area (Å²) < 4.78 is 0. The average molecular weight is 298 g/mol. The van der Waals surface area contributed by atoms with Crippen LogP contribution in [0.25, 0.3) is 0 Å². The quantitative estimate of drug-likeness (QED) is 0.683. The number of hydrogen-bond acceptors (Lipinski definition) is 2. The highest BCUT2D eigenvalue weighted by atomic mass is 32.1. The Morgan fingerprint density at radius 3 is 2.52 bits per heavy atom. The van der Waals surface area contributed by atoms with Gasteiger partial charge in [0, 0.05) is 16.4 Å².